The fourth-order valence-corrected chi connectivity index (χ4v) is 5.30. The Balaban J connectivity index is 3.40. The third kappa shape index (κ3) is 28.5. The van der Waals surface area contributed by atoms with Crippen molar-refractivity contribution in [3.05, 3.63) is 0 Å². The van der Waals surface area contributed by atoms with Crippen LogP contribution in [0.2, 0.25) is 0 Å². The number of unbranched alkanes of at least 4 members (excludes halogenated alkanes) is 16. The van der Waals surface area contributed by atoms with E-state index in [-0.39, 0.29) is 17.9 Å². The highest BCUT2D eigenvalue weighted by Gasteiger charge is 2.17. The van der Waals surface area contributed by atoms with E-state index < -0.39 is 0 Å². The highest BCUT2D eigenvalue weighted by molar-refractivity contribution is 5.72. The van der Waals surface area contributed by atoms with Gasteiger partial charge in [-0.15, -0.1) is 0 Å². The number of esters is 2. The lowest BCUT2D eigenvalue weighted by Crippen LogP contribution is -2.17. The van der Waals surface area contributed by atoms with Gasteiger partial charge in [-0.3, -0.25) is 9.59 Å². The van der Waals surface area contributed by atoms with Crippen molar-refractivity contribution in [3.8, 4) is 0 Å². The second-order valence-corrected chi connectivity index (χ2v) is 13.1. The smallest absolute Gasteiger partial charge is 0.308 e. The van der Waals surface area contributed by atoms with Crippen molar-refractivity contribution in [2.75, 3.05) is 13.2 Å². The molecule has 0 aromatic rings. The summed E-state index contributed by atoms with van der Waals surface area (Å²) in [6.07, 6.45) is 28.3. The molecule has 0 spiro atoms. The predicted octanol–water partition coefficient (Wildman–Crippen LogP) is 11.4. The molecule has 0 radical (unpaired) electrons. The van der Waals surface area contributed by atoms with Crippen molar-refractivity contribution in [1.82, 2.24) is 0 Å². The van der Waals surface area contributed by atoms with Crippen LogP contribution in [0.3, 0.4) is 0 Å². The van der Waals surface area contributed by atoms with Gasteiger partial charge in [-0.05, 0) is 43.9 Å². The first-order valence-corrected chi connectivity index (χ1v) is 17.7. The van der Waals surface area contributed by atoms with Crippen LogP contribution >= 0.6 is 0 Å². The van der Waals surface area contributed by atoms with Crippen LogP contribution in [-0.2, 0) is 19.1 Å². The minimum atomic E-state index is -0.00482. The Bertz CT molecular complexity index is 557. The van der Waals surface area contributed by atoms with Gasteiger partial charge in [0.15, 0.2) is 0 Å². The Morgan fingerprint density at radius 1 is 0.475 bits per heavy atom. The van der Waals surface area contributed by atoms with E-state index in [0.29, 0.717) is 19.6 Å². The third-order valence-corrected chi connectivity index (χ3v) is 8.12. The average Bonchev–Trinajstić information content (AvgIpc) is 2.91. The summed E-state index contributed by atoms with van der Waals surface area (Å²) in [7, 11) is 0. The summed E-state index contributed by atoms with van der Waals surface area (Å²) in [4.78, 5) is 24.2. The van der Waals surface area contributed by atoms with Gasteiger partial charge in [-0.25, -0.2) is 0 Å². The maximum atomic E-state index is 12.3. The van der Waals surface area contributed by atoms with Gasteiger partial charge in [0.25, 0.3) is 0 Å². The molecule has 1 unspecified atom stereocenters. The molecule has 238 valence electrons. The van der Waals surface area contributed by atoms with Crippen LogP contribution < -0.4 is 0 Å². The SMILES string of the molecule is CCC(CCCCCCCCCCCCCCCC(=O)OCCCCCC(C)C)C(=O)OCCCCCC(C)C. The van der Waals surface area contributed by atoms with E-state index in [4.69, 9.17) is 9.47 Å². The lowest BCUT2D eigenvalue weighted by atomic mass is 9.97. The van der Waals surface area contributed by atoms with Crippen LogP contribution in [0, 0.1) is 17.8 Å². The minimum absolute atomic E-state index is 0.00482. The quantitative estimate of drug-likeness (QED) is 0.0641. The molecule has 0 saturated carbocycles. The minimum Gasteiger partial charge on any atom is -0.466 e. The average molecular weight is 567 g/mol. The van der Waals surface area contributed by atoms with Gasteiger partial charge in [-0.1, -0.05) is 150 Å². The number of rotatable bonds is 30. The monoisotopic (exact) mass is 567 g/mol. The summed E-state index contributed by atoms with van der Waals surface area (Å²) in [6, 6.07) is 0. The lowest BCUT2D eigenvalue weighted by molar-refractivity contribution is -0.149. The fourth-order valence-electron chi connectivity index (χ4n) is 5.30. The highest BCUT2D eigenvalue weighted by atomic mass is 16.5. The summed E-state index contributed by atoms with van der Waals surface area (Å²) in [5, 5.41) is 0. The molecule has 40 heavy (non-hydrogen) atoms. The normalized spacial score (nSPS) is 12.3. The highest BCUT2D eigenvalue weighted by Crippen LogP contribution is 2.18. The molecule has 0 fully saturated rings. The molecule has 0 amide bonds. The molecular formula is C36H70O4. The zero-order valence-corrected chi connectivity index (χ0v) is 27.7. The first-order valence-electron chi connectivity index (χ1n) is 17.7. The molecule has 0 aromatic carbocycles. The number of hydrogen-bond donors (Lipinski definition) is 0. The third-order valence-electron chi connectivity index (χ3n) is 8.12. The zero-order chi connectivity index (χ0) is 29.7. The number of carbonyl (C=O) groups excluding carboxylic acids is 2. The molecule has 0 aromatic heterocycles. The fraction of sp³-hybridized carbons (Fsp3) is 0.944. The van der Waals surface area contributed by atoms with Crippen molar-refractivity contribution in [2.24, 2.45) is 17.8 Å². The first-order chi connectivity index (χ1) is 19.4. The van der Waals surface area contributed by atoms with Crippen molar-refractivity contribution < 1.29 is 19.1 Å². The lowest BCUT2D eigenvalue weighted by Gasteiger charge is -2.14. The van der Waals surface area contributed by atoms with Gasteiger partial charge in [0.1, 0.15) is 0 Å². The summed E-state index contributed by atoms with van der Waals surface area (Å²) >= 11 is 0. The van der Waals surface area contributed by atoms with E-state index >= 15 is 0 Å². The Morgan fingerprint density at radius 3 is 1.30 bits per heavy atom. The molecule has 0 aliphatic rings. The van der Waals surface area contributed by atoms with Crippen molar-refractivity contribution >= 4 is 11.9 Å². The maximum Gasteiger partial charge on any atom is 0.308 e. The summed E-state index contributed by atoms with van der Waals surface area (Å²) in [5.74, 6) is 1.66. The summed E-state index contributed by atoms with van der Waals surface area (Å²) in [5.41, 5.74) is 0. The van der Waals surface area contributed by atoms with Crippen LogP contribution in [0.1, 0.15) is 189 Å². The molecule has 1 atom stereocenters. The Morgan fingerprint density at radius 2 is 0.850 bits per heavy atom. The standard InChI is InChI=1S/C36H70O4/c1-6-34(36(38)40-31-25-19-21-27-33(4)5)28-22-16-14-12-10-8-7-9-11-13-15-17-23-29-35(37)39-30-24-18-20-26-32(2)3/h32-34H,6-31H2,1-5H3. The molecule has 0 aliphatic heterocycles. The van der Waals surface area contributed by atoms with E-state index in [2.05, 4.69) is 34.6 Å². The van der Waals surface area contributed by atoms with Gasteiger partial charge in [0.05, 0.1) is 19.1 Å². The number of ether oxygens (including phenoxy) is 2. The molecule has 0 heterocycles. The molecule has 4 heteroatoms. The van der Waals surface area contributed by atoms with E-state index in [9.17, 15) is 9.59 Å². The van der Waals surface area contributed by atoms with Crippen molar-refractivity contribution in [2.45, 2.75) is 189 Å². The molecule has 0 aliphatic carbocycles. The van der Waals surface area contributed by atoms with Gasteiger partial charge < -0.3 is 9.47 Å². The van der Waals surface area contributed by atoms with Crippen LogP contribution in [0.25, 0.3) is 0 Å². The van der Waals surface area contributed by atoms with Crippen LogP contribution in [0.15, 0.2) is 0 Å². The first kappa shape index (κ1) is 38.9. The van der Waals surface area contributed by atoms with E-state index in [1.54, 1.807) is 0 Å². The predicted molar refractivity (Wildman–Crippen MR) is 172 cm³/mol. The molecule has 0 N–H and O–H groups in total. The van der Waals surface area contributed by atoms with Crippen LogP contribution in [-0.4, -0.2) is 25.2 Å². The van der Waals surface area contributed by atoms with Gasteiger partial charge in [-0.2, -0.15) is 0 Å². The maximum absolute atomic E-state index is 12.3. The van der Waals surface area contributed by atoms with Crippen molar-refractivity contribution in [1.29, 1.82) is 0 Å². The number of carbonyl (C=O) groups is 2. The molecule has 0 rings (SSSR count). The number of hydrogen-bond acceptors (Lipinski definition) is 4. The van der Waals surface area contributed by atoms with E-state index in [0.717, 1.165) is 56.8 Å². The second-order valence-electron chi connectivity index (χ2n) is 13.1. The van der Waals surface area contributed by atoms with Crippen molar-refractivity contribution in [3.63, 3.8) is 0 Å². The Labute approximate surface area is 250 Å². The van der Waals surface area contributed by atoms with Gasteiger partial charge in [0.2, 0.25) is 0 Å². The summed E-state index contributed by atoms with van der Waals surface area (Å²) in [6.45, 7) is 12.4. The van der Waals surface area contributed by atoms with E-state index in [1.165, 1.54) is 103 Å². The zero-order valence-electron chi connectivity index (χ0n) is 27.7. The topological polar surface area (TPSA) is 52.6 Å². The molecule has 4 nitrogen and oxygen atoms in total. The largest absolute Gasteiger partial charge is 0.466 e. The molecule has 0 saturated heterocycles. The van der Waals surface area contributed by atoms with Gasteiger partial charge in [0, 0.05) is 6.42 Å². The van der Waals surface area contributed by atoms with Gasteiger partial charge >= 0.3 is 11.9 Å². The van der Waals surface area contributed by atoms with Crippen LogP contribution in [0.5, 0.6) is 0 Å². The summed E-state index contributed by atoms with van der Waals surface area (Å²) < 4.78 is 10.9. The second kappa shape index (κ2) is 29.4. The molecule has 0 bridgehead atoms. The Kier molecular flexibility index (Phi) is 28.7. The Hall–Kier alpha value is -1.06. The van der Waals surface area contributed by atoms with E-state index in [1.807, 2.05) is 0 Å². The molecular weight excluding hydrogens is 496 g/mol. The van der Waals surface area contributed by atoms with Crippen LogP contribution in [0.4, 0.5) is 0 Å².